The molecule has 0 aliphatic rings. The first-order valence-corrected chi connectivity index (χ1v) is 8.32. The average molecular weight is 396 g/mol. The van der Waals surface area contributed by atoms with Crippen molar-refractivity contribution in [2.45, 2.75) is 12.2 Å². The molecule has 0 bridgehead atoms. The van der Waals surface area contributed by atoms with Crippen molar-refractivity contribution < 1.29 is 35.5 Å². The van der Waals surface area contributed by atoms with Crippen LogP contribution in [0.25, 0.3) is 0 Å². The third kappa shape index (κ3) is 4.28. The zero-order valence-electron chi connectivity index (χ0n) is 13.3. The lowest BCUT2D eigenvalue weighted by Crippen LogP contribution is -2.22. The van der Waals surface area contributed by atoms with E-state index >= 15 is 0 Å². The molecule has 1 aromatic carbocycles. The minimum atomic E-state index is -5.22. The van der Waals surface area contributed by atoms with Gasteiger partial charge in [0.2, 0.25) is 0 Å². The lowest BCUT2D eigenvalue weighted by Gasteiger charge is -2.13. The van der Waals surface area contributed by atoms with Crippen LogP contribution in [0.4, 0.5) is 23.2 Å². The number of hydrogen-bond donors (Lipinski definition) is 1. The van der Waals surface area contributed by atoms with Crippen LogP contribution in [0, 0.1) is 11.6 Å². The number of benzene rings is 1. The van der Waals surface area contributed by atoms with Gasteiger partial charge in [0.1, 0.15) is 5.82 Å². The van der Waals surface area contributed by atoms with Gasteiger partial charge in [-0.2, -0.15) is 18.7 Å². The van der Waals surface area contributed by atoms with Gasteiger partial charge in [-0.1, -0.05) is 6.07 Å². The van der Waals surface area contributed by atoms with Crippen molar-refractivity contribution >= 4 is 15.7 Å². The molecule has 142 valence electrons. The molecule has 1 aromatic heterocycles. The third-order valence-corrected chi connectivity index (χ3v) is 3.97. The second kappa shape index (κ2) is 7.68. The van der Waals surface area contributed by atoms with Crippen molar-refractivity contribution in [1.29, 1.82) is 0 Å². The van der Waals surface area contributed by atoms with Crippen LogP contribution in [0.15, 0.2) is 12.1 Å². The molecule has 2 rings (SSSR count). The van der Waals surface area contributed by atoms with Gasteiger partial charge in [0.15, 0.2) is 11.6 Å². The van der Waals surface area contributed by atoms with Gasteiger partial charge in [0.25, 0.3) is 10.0 Å². The van der Waals surface area contributed by atoms with E-state index in [0.717, 1.165) is 6.07 Å². The van der Waals surface area contributed by atoms with Crippen LogP contribution in [0.5, 0.6) is 12.0 Å². The third-order valence-electron chi connectivity index (χ3n) is 3.01. The summed E-state index contributed by atoms with van der Waals surface area (Å²) in [6.45, 7) is 0. The van der Waals surface area contributed by atoms with E-state index < -0.39 is 33.1 Å². The molecule has 1 N–H and O–H groups in total. The van der Waals surface area contributed by atoms with Gasteiger partial charge in [-0.05, 0) is 11.6 Å². The maximum Gasteiger partial charge on any atom is 0.355 e. The van der Waals surface area contributed by atoms with Crippen molar-refractivity contribution in [3.05, 3.63) is 35.2 Å². The Bertz CT molecular complexity index is 889. The summed E-state index contributed by atoms with van der Waals surface area (Å²) in [5, 5.41) is 0. The minimum Gasteiger partial charge on any atom is -0.467 e. The average Bonchev–Trinajstić information content (AvgIpc) is 2.60. The molecular weight excluding hydrogens is 384 g/mol. The van der Waals surface area contributed by atoms with E-state index in [4.69, 9.17) is 9.47 Å². The van der Waals surface area contributed by atoms with Gasteiger partial charge in [-0.15, -0.1) is 4.98 Å². The molecule has 1 heterocycles. The van der Waals surface area contributed by atoms with E-state index in [1.165, 1.54) is 18.9 Å². The lowest BCUT2D eigenvalue weighted by atomic mass is 10.1. The molecular formula is C13H12F4N4O4S. The summed E-state index contributed by atoms with van der Waals surface area (Å²) in [6, 6.07) is 1.42. The van der Waals surface area contributed by atoms with Crippen LogP contribution in [-0.2, 0) is 16.4 Å². The van der Waals surface area contributed by atoms with Crippen molar-refractivity contribution in [3.63, 3.8) is 0 Å². The zero-order chi connectivity index (χ0) is 19.5. The van der Waals surface area contributed by atoms with Crippen LogP contribution >= 0.6 is 0 Å². The number of halogens is 4. The van der Waals surface area contributed by atoms with Crippen molar-refractivity contribution in [3.8, 4) is 12.0 Å². The van der Waals surface area contributed by atoms with Gasteiger partial charge < -0.3 is 9.47 Å². The predicted molar refractivity (Wildman–Crippen MR) is 80.6 cm³/mol. The first kappa shape index (κ1) is 19.6. The Balaban J connectivity index is 2.49. The Hall–Kier alpha value is -2.70. The smallest absolute Gasteiger partial charge is 0.355 e. The summed E-state index contributed by atoms with van der Waals surface area (Å²) in [7, 11) is -2.70. The summed E-state index contributed by atoms with van der Waals surface area (Å²) >= 11 is 0. The molecule has 2 aromatic rings. The van der Waals surface area contributed by atoms with Gasteiger partial charge in [0.05, 0.1) is 19.9 Å². The molecule has 26 heavy (non-hydrogen) atoms. The van der Waals surface area contributed by atoms with E-state index in [0.29, 0.717) is 6.07 Å². The molecule has 0 radical (unpaired) electrons. The molecule has 0 spiro atoms. The number of sulfonamides is 1. The Morgan fingerprint density at radius 1 is 1.08 bits per heavy atom. The van der Waals surface area contributed by atoms with Gasteiger partial charge in [0, 0.05) is 6.42 Å². The minimum absolute atomic E-state index is 0.0581. The number of hydrogen-bond acceptors (Lipinski definition) is 7. The second-order valence-corrected chi connectivity index (χ2v) is 6.36. The molecule has 0 saturated heterocycles. The van der Waals surface area contributed by atoms with Crippen molar-refractivity contribution in [2.75, 3.05) is 18.9 Å². The van der Waals surface area contributed by atoms with E-state index in [9.17, 15) is 26.0 Å². The number of nitrogens with zero attached hydrogens (tertiary/aromatic N) is 3. The topological polar surface area (TPSA) is 103 Å². The maximum absolute atomic E-state index is 14.0. The SMILES string of the molecule is COc1nc(Cc2ccc(F)c(F)c2NS(=O)(=O)C(F)F)nc(OC)n1. The molecule has 0 aliphatic carbocycles. The highest BCUT2D eigenvalue weighted by Crippen LogP contribution is 2.27. The number of anilines is 1. The van der Waals surface area contributed by atoms with Gasteiger partial charge in [-0.25, -0.2) is 17.2 Å². The molecule has 0 fully saturated rings. The number of ether oxygens (including phenoxy) is 2. The highest BCUT2D eigenvalue weighted by Gasteiger charge is 2.27. The van der Waals surface area contributed by atoms with Gasteiger partial charge >= 0.3 is 17.8 Å². The fourth-order valence-electron chi connectivity index (χ4n) is 1.84. The van der Waals surface area contributed by atoms with Crippen LogP contribution in [-0.4, -0.2) is 43.3 Å². The monoisotopic (exact) mass is 396 g/mol. The lowest BCUT2D eigenvalue weighted by molar-refractivity contribution is 0.236. The molecule has 8 nitrogen and oxygen atoms in total. The van der Waals surface area contributed by atoms with E-state index in [1.807, 2.05) is 0 Å². The first-order valence-electron chi connectivity index (χ1n) is 6.77. The summed E-state index contributed by atoms with van der Waals surface area (Å²) < 4.78 is 86.2. The summed E-state index contributed by atoms with van der Waals surface area (Å²) in [5.74, 6) is -6.96. The number of aromatic nitrogens is 3. The van der Waals surface area contributed by atoms with Crippen molar-refractivity contribution in [1.82, 2.24) is 15.0 Å². The first-order chi connectivity index (χ1) is 12.2. The van der Waals surface area contributed by atoms with Crippen LogP contribution in [0.3, 0.4) is 0 Å². The van der Waals surface area contributed by atoms with Crippen LogP contribution in [0.2, 0.25) is 0 Å². The fraction of sp³-hybridized carbons (Fsp3) is 0.308. The van der Waals surface area contributed by atoms with E-state index in [-0.39, 0.29) is 29.8 Å². The van der Waals surface area contributed by atoms with Gasteiger partial charge in [-0.3, -0.25) is 4.72 Å². The fourth-order valence-corrected chi connectivity index (χ4v) is 2.44. The highest BCUT2D eigenvalue weighted by molar-refractivity contribution is 7.93. The zero-order valence-corrected chi connectivity index (χ0v) is 14.2. The number of alkyl halides is 2. The Labute approximate surface area is 145 Å². The molecule has 0 amide bonds. The standard InChI is InChI=1S/C13H12F4N4O4S/c1-24-12-18-8(19-13(20-12)25-2)5-6-3-4-7(14)9(15)10(6)21-26(22,23)11(16)17/h3-4,11,21H,5H2,1-2H3. The molecule has 0 saturated carbocycles. The summed E-state index contributed by atoms with van der Waals surface area (Å²) in [5.41, 5.74) is -1.16. The summed E-state index contributed by atoms with van der Waals surface area (Å²) in [6.07, 6.45) is -0.354. The number of rotatable bonds is 7. The second-order valence-electron chi connectivity index (χ2n) is 4.71. The van der Waals surface area contributed by atoms with Crippen molar-refractivity contribution in [2.24, 2.45) is 0 Å². The number of nitrogens with one attached hydrogen (secondary N) is 1. The molecule has 0 unspecified atom stereocenters. The van der Waals surface area contributed by atoms with Crippen LogP contribution in [0.1, 0.15) is 11.4 Å². The highest BCUT2D eigenvalue weighted by atomic mass is 32.2. The number of methoxy groups -OCH3 is 2. The van der Waals surface area contributed by atoms with E-state index in [2.05, 4.69) is 15.0 Å². The maximum atomic E-state index is 14.0. The summed E-state index contributed by atoms with van der Waals surface area (Å²) in [4.78, 5) is 11.4. The quantitative estimate of drug-likeness (QED) is 0.711. The Morgan fingerprint density at radius 2 is 1.65 bits per heavy atom. The Kier molecular flexibility index (Phi) is 5.79. The molecule has 0 atom stereocenters. The molecule has 13 heteroatoms. The Morgan fingerprint density at radius 3 is 2.15 bits per heavy atom. The predicted octanol–water partition coefficient (Wildman–Crippen LogP) is 1.72. The van der Waals surface area contributed by atoms with Crippen LogP contribution < -0.4 is 14.2 Å². The largest absolute Gasteiger partial charge is 0.467 e. The van der Waals surface area contributed by atoms with E-state index in [1.54, 1.807) is 0 Å². The normalized spacial score (nSPS) is 11.5. The molecule has 0 aliphatic heterocycles.